The molecular formula is C4H4I3N. The van der Waals surface area contributed by atoms with E-state index in [0.29, 0.717) is 1.93 Å². The molecule has 0 N–H and O–H groups in total. The van der Waals surface area contributed by atoms with Gasteiger partial charge >= 0.3 is 0 Å². The second kappa shape index (κ2) is 5.46. The van der Waals surface area contributed by atoms with Gasteiger partial charge in [-0.2, -0.15) is 5.26 Å². The van der Waals surface area contributed by atoms with E-state index < -0.39 is 0 Å². The molecule has 0 fully saturated rings. The van der Waals surface area contributed by atoms with E-state index >= 15 is 0 Å². The number of nitriles is 1. The first kappa shape index (κ1) is 9.68. The second-order valence-electron chi connectivity index (χ2n) is 1.22. The maximum absolute atomic E-state index is 8.32. The van der Waals surface area contributed by atoms with Crippen molar-refractivity contribution in [2.75, 3.05) is 0 Å². The molecule has 0 aliphatic carbocycles. The van der Waals surface area contributed by atoms with Crippen molar-refractivity contribution in [3.63, 3.8) is 0 Å². The summed E-state index contributed by atoms with van der Waals surface area (Å²) in [5, 5.41) is 8.32. The van der Waals surface area contributed by atoms with Crippen LogP contribution >= 0.6 is 67.8 Å². The highest BCUT2D eigenvalue weighted by Gasteiger charge is 2.05. The fourth-order valence-corrected chi connectivity index (χ4v) is 3.68. The lowest BCUT2D eigenvalue weighted by Gasteiger charge is -1.98. The van der Waals surface area contributed by atoms with Crippen molar-refractivity contribution in [3.05, 3.63) is 0 Å². The molecular weight excluding hydrogens is 443 g/mol. The van der Waals surface area contributed by atoms with E-state index in [1.807, 2.05) is 0 Å². The normalized spacial score (nSPS) is 13.4. The predicted molar refractivity (Wildman–Crippen MR) is 59.9 cm³/mol. The third-order valence-corrected chi connectivity index (χ3v) is 2.33. The van der Waals surface area contributed by atoms with Gasteiger partial charge in [0.15, 0.2) is 0 Å². The molecule has 4 heteroatoms. The van der Waals surface area contributed by atoms with Gasteiger partial charge in [0, 0.05) is 0 Å². The number of nitrogens with zero attached hydrogens (tertiary/aromatic N) is 1. The molecule has 0 aliphatic heterocycles. The summed E-state index contributed by atoms with van der Waals surface area (Å²) in [6, 6.07) is 2.17. The standard InChI is InChI=1S/C4H4I3N/c5-3(2-8)1-4(6)7/h3-4H,1H2. The maximum Gasteiger partial charge on any atom is 0.0995 e. The summed E-state index contributed by atoms with van der Waals surface area (Å²) in [5.41, 5.74) is 0. The molecule has 46 valence electrons. The van der Waals surface area contributed by atoms with Crippen LogP contribution in [-0.2, 0) is 0 Å². The van der Waals surface area contributed by atoms with Gasteiger partial charge in [-0.05, 0) is 6.42 Å². The van der Waals surface area contributed by atoms with Gasteiger partial charge in [-0.1, -0.05) is 67.8 Å². The molecule has 8 heavy (non-hydrogen) atoms. The molecule has 1 nitrogen and oxygen atoms in total. The van der Waals surface area contributed by atoms with Gasteiger partial charge in [-0.25, -0.2) is 0 Å². The summed E-state index contributed by atoms with van der Waals surface area (Å²) in [7, 11) is 0. The second-order valence-corrected chi connectivity index (χ2v) is 8.12. The Morgan fingerprint density at radius 1 is 1.38 bits per heavy atom. The van der Waals surface area contributed by atoms with Gasteiger partial charge < -0.3 is 0 Å². The minimum absolute atomic E-state index is 0.186. The van der Waals surface area contributed by atoms with Crippen LogP contribution < -0.4 is 0 Å². The number of rotatable bonds is 2. The molecule has 0 spiro atoms. The fourth-order valence-electron chi connectivity index (χ4n) is 0.209. The van der Waals surface area contributed by atoms with Crippen molar-refractivity contribution >= 4 is 67.8 Å². The zero-order chi connectivity index (χ0) is 6.57. The van der Waals surface area contributed by atoms with E-state index in [-0.39, 0.29) is 3.92 Å². The van der Waals surface area contributed by atoms with Crippen LogP contribution in [0, 0.1) is 11.3 Å². The number of alkyl halides is 3. The molecule has 0 aromatic heterocycles. The molecule has 0 bridgehead atoms. The minimum Gasteiger partial charge on any atom is -0.197 e. The zero-order valence-electron chi connectivity index (χ0n) is 3.94. The topological polar surface area (TPSA) is 23.8 Å². The first-order chi connectivity index (χ1) is 3.66. The van der Waals surface area contributed by atoms with Crippen LogP contribution in [0.3, 0.4) is 0 Å². The molecule has 0 radical (unpaired) electrons. The maximum atomic E-state index is 8.32. The smallest absolute Gasteiger partial charge is 0.0995 e. The highest BCUT2D eigenvalue weighted by molar-refractivity contribution is 14.2. The minimum atomic E-state index is 0.186. The van der Waals surface area contributed by atoms with Crippen molar-refractivity contribution < 1.29 is 0 Å². The van der Waals surface area contributed by atoms with Crippen LogP contribution in [0.5, 0.6) is 0 Å². The quantitative estimate of drug-likeness (QED) is 0.473. The van der Waals surface area contributed by atoms with Gasteiger partial charge in [0.1, 0.15) is 0 Å². The molecule has 0 saturated heterocycles. The van der Waals surface area contributed by atoms with E-state index in [2.05, 4.69) is 73.8 Å². The number of halogens is 3. The average molecular weight is 447 g/mol. The van der Waals surface area contributed by atoms with Crippen LogP contribution in [0.1, 0.15) is 6.42 Å². The summed E-state index contributed by atoms with van der Waals surface area (Å²) in [5.74, 6) is 0. The molecule has 0 aromatic rings. The lowest BCUT2D eigenvalue weighted by Crippen LogP contribution is -1.97. The third-order valence-electron chi connectivity index (χ3n) is 0.525. The molecule has 0 aliphatic rings. The van der Waals surface area contributed by atoms with Crippen molar-refractivity contribution in [3.8, 4) is 6.07 Å². The molecule has 0 rings (SSSR count). The van der Waals surface area contributed by atoms with Gasteiger partial charge in [0.25, 0.3) is 0 Å². The Morgan fingerprint density at radius 3 is 2.00 bits per heavy atom. The summed E-state index contributed by atoms with van der Waals surface area (Å²) >= 11 is 6.77. The molecule has 1 unspecified atom stereocenters. The molecule has 0 amide bonds. The Morgan fingerprint density at radius 2 is 1.88 bits per heavy atom. The molecule has 1 atom stereocenters. The number of hydrogen-bond acceptors (Lipinski definition) is 1. The third kappa shape index (κ3) is 5.81. The average Bonchev–Trinajstić information content (AvgIpc) is 1.65. The van der Waals surface area contributed by atoms with E-state index in [9.17, 15) is 0 Å². The highest BCUT2D eigenvalue weighted by atomic mass is 127. The first-order valence-electron chi connectivity index (χ1n) is 1.98. The van der Waals surface area contributed by atoms with Gasteiger partial charge in [-0.3, -0.25) is 0 Å². The van der Waals surface area contributed by atoms with E-state index in [0.717, 1.165) is 6.42 Å². The molecule has 0 aromatic carbocycles. The van der Waals surface area contributed by atoms with Crippen molar-refractivity contribution in [2.45, 2.75) is 12.3 Å². The Kier molecular flexibility index (Phi) is 6.61. The Hall–Kier alpha value is 1.68. The van der Waals surface area contributed by atoms with Gasteiger partial charge in [0.05, 0.1) is 11.9 Å². The number of hydrogen-bond donors (Lipinski definition) is 0. The van der Waals surface area contributed by atoms with Crippen LogP contribution in [0.25, 0.3) is 0 Å². The Labute approximate surface area is 90.0 Å². The lowest BCUT2D eigenvalue weighted by molar-refractivity contribution is 1.03. The van der Waals surface area contributed by atoms with E-state index in [1.54, 1.807) is 0 Å². The molecule has 0 heterocycles. The van der Waals surface area contributed by atoms with Gasteiger partial charge in [-0.15, -0.1) is 0 Å². The Balaban J connectivity index is 3.28. The summed E-state index contributed by atoms with van der Waals surface area (Å²) in [6.45, 7) is 0. The zero-order valence-corrected chi connectivity index (χ0v) is 10.4. The van der Waals surface area contributed by atoms with Gasteiger partial charge in [0.2, 0.25) is 0 Å². The van der Waals surface area contributed by atoms with E-state index in [4.69, 9.17) is 5.26 Å². The van der Waals surface area contributed by atoms with Crippen LogP contribution in [0.15, 0.2) is 0 Å². The highest BCUT2D eigenvalue weighted by Crippen LogP contribution is 2.19. The fraction of sp³-hybridized carbons (Fsp3) is 0.750. The summed E-state index contributed by atoms with van der Waals surface area (Å²) < 4.78 is 0.776. The van der Waals surface area contributed by atoms with Crippen molar-refractivity contribution in [1.29, 1.82) is 5.26 Å². The van der Waals surface area contributed by atoms with Crippen LogP contribution in [-0.4, -0.2) is 5.86 Å². The predicted octanol–water partition coefficient (Wildman–Crippen LogP) is 2.90. The van der Waals surface area contributed by atoms with Crippen LogP contribution in [0.4, 0.5) is 0 Å². The lowest BCUT2D eigenvalue weighted by atomic mass is 10.4. The summed E-state index contributed by atoms with van der Waals surface area (Å²) in [6.07, 6.45) is 0.984. The first-order valence-corrected chi connectivity index (χ1v) is 5.72. The Bertz CT molecular complexity index is 95.9. The largest absolute Gasteiger partial charge is 0.197 e. The SMILES string of the molecule is N#CC(I)CC(I)I. The van der Waals surface area contributed by atoms with Crippen LogP contribution in [0.2, 0.25) is 0 Å². The molecule has 0 saturated carbocycles. The van der Waals surface area contributed by atoms with E-state index in [1.165, 1.54) is 0 Å². The summed E-state index contributed by atoms with van der Waals surface area (Å²) in [4.78, 5) is 0. The monoisotopic (exact) mass is 447 g/mol. The van der Waals surface area contributed by atoms with Crippen molar-refractivity contribution in [1.82, 2.24) is 0 Å². The van der Waals surface area contributed by atoms with Crippen molar-refractivity contribution in [2.24, 2.45) is 0 Å².